The number of benzene rings is 2. The Balaban J connectivity index is 1.48. The van der Waals surface area contributed by atoms with Crippen molar-refractivity contribution in [3.63, 3.8) is 0 Å². The first kappa shape index (κ1) is 21.5. The molecule has 1 fully saturated rings. The molecule has 1 aliphatic rings. The van der Waals surface area contributed by atoms with Gasteiger partial charge in [-0.3, -0.25) is 4.79 Å². The lowest BCUT2D eigenvalue weighted by Crippen LogP contribution is -2.44. The largest absolute Gasteiger partial charge is 0.376 e. The number of aromatic nitrogens is 1. The Hall–Kier alpha value is -2.70. The van der Waals surface area contributed by atoms with E-state index in [9.17, 15) is 4.79 Å². The van der Waals surface area contributed by atoms with Crippen molar-refractivity contribution in [1.29, 1.82) is 0 Å². The number of nitrogens with one attached hydrogen (secondary N) is 2. The van der Waals surface area contributed by atoms with E-state index in [2.05, 4.69) is 33.4 Å². The Morgan fingerprint density at radius 1 is 1.23 bits per heavy atom. The number of aromatic amines is 1. The molecule has 0 bridgehead atoms. The summed E-state index contributed by atoms with van der Waals surface area (Å²) in [5.41, 5.74) is 3.90. The minimum Gasteiger partial charge on any atom is -0.376 e. The van der Waals surface area contributed by atoms with Crippen LogP contribution in [0.15, 0.2) is 59.4 Å². The minimum absolute atomic E-state index is 0.0671. The van der Waals surface area contributed by atoms with Gasteiger partial charge in [0.05, 0.1) is 12.6 Å². The van der Waals surface area contributed by atoms with Gasteiger partial charge in [-0.2, -0.15) is 0 Å². The predicted octanol–water partition coefficient (Wildman–Crippen LogP) is 3.93. The predicted molar refractivity (Wildman–Crippen MR) is 129 cm³/mol. The summed E-state index contributed by atoms with van der Waals surface area (Å²) in [6.07, 6.45) is 3.14. The number of nitrogens with zero attached hydrogens (tertiary/aromatic N) is 1. The van der Waals surface area contributed by atoms with Gasteiger partial charge in [-0.05, 0) is 67.0 Å². The zero-order valence-electron chi connectivity index (χ0n) is 17.9. The van der Waals surface area contributed by atoms with E-state index >= 15 is 0 Å². The lowest BCUT2D eigenvalue weighted by Gasteiger charge is -2.28. The van der Waals surface area contributed by atoms with Gasteiger partial charge in [-0.15, -0.1) is 0 Å². The van der Waals surface area contributed by atoms with Crippen molar-refractivity contribution in [3.05, 3.63) is 81.6 Å². The number of hydrogen-bond donors (Lipinski definition) is 2. The van der Waals surface area contributed by atoms with Crippen molar-refractivity contribution in [3.8, 4) is 0 Å². The molecule has 0 aliphatic carbocycles. The smallest absolute Gasteiger partial charge is 0.253 e. The SMILES string of the molecule is Cc1ccc2cc(CN(C[C@H]3CCCO3)C(=S)NCCc3ccccc3)c(=O)[nH]c2c1. The third-order valence-corrected chi connectivity index (χ3v) is 6.11. The summed E-state index contributed by atoms with van der Waals surface area (Å²) in [7, 11) is 0. The fourth-order valence-electron chi connectivity index (χ4n) is 4.01. The molecule has 1 aromatic heterocycles. The fourth-order valence-corrected chi connectivity index (χ4v) is 4.25. The Bertz CT molecular complexity index is 1090. The molecule has 1 atom stereocenters. The number of hydrogen-bond acceptors (Lipinski definition) is 3. The summed E-state index contributed by atoms with van der Waals surface area (Å²) in [4.78, 5) is 17.9. The Morgan fingerprint density at radius 3 is 2.84 bits per heavy atom. The summed E-state index contributed by atoms with van der Waals surface area (Å²) in [5, 5.41) is 5.07. The highest BCUT2D eigenvalue weighted by atomic mass is 32.1. The van der Waals surface area contributed by atoms with Gasteiger partial charge < -0.3 is 19.9 Å². The highest BCUT2D eigenvalue weighted by Gasteiger charge is 2.22. The second-order valence-corrected chi connectivity index (χ2v) is 8.58. The van der Waals surface area contributed by atoms with Gasteiger partial charge in [0.25, 0.3) is 5.56 Å². The van der Waals surface area contributed by atoms with E-state index in [4.69, 9.17) is 17.0 Å². The van der Waals surface area contributed by atoms with E-state index in [1.54, 1.807) is 0 Å². The van der Waals surface area contributed by atoms with Crippen molar-refractivity contribution >= 4 is 28.2 Å². The maximum Gasteiger partial charge on any atom is 0.253 e. The highest BCUT2D eigenvalue weighted by Crippen LogP contribution is 2.17. The van der Waals surface area contributed by atoms with Gasteiger partial charge in [-0.25, -0.2) is 0 Å². The molecule has 0 saturated carbocycles. The molecular weight excluding hydrogens is 406 g/mol. The van der Waals surface area contributed by atoms with E-state index < -0.39 is 0 Å². The number of fused-ring (bicyclic) bond motifs is 1. The summed E-state index contributed by atoms with van der Waals surface area (Å²) in [5.74, 6) is 0. The maximum absolute atomic E-state index is 12.8. The zero-order chi connectivity index (χ0) is 21.6. The van der Waals surface area contributed by atoms with E-state index in [1.807, 2.05) is 43.3 Å². The van der Waals surface area contributed by atoms with Crippen LogP contribution in [0.25, 0.3) is 10.9 Å². The van der Waals surface area contributed by atoms with Crippen molar-refractivity contribution in [1.82, 2.24) is 15.2 Å². The lowest BCUT2D eigenvalue weighted by molar-refractivity contribution is 0.0897. The van der Waals surface area contributed by atoms with Crippen LogP contribution in [-0.4, -0.2) is 40.8 Å². The zero-order valence-corrected chi connectivity index (χ0v) is 18.7. The van der Waals surface area contributed by atoms with Crippen molar-refractivity contribution in [2.24, 2.45) is 0 Å². The maximum atomic E-state index is 12.8. The van der Waals surface area contributed by atoms with Crippen LogP contribution in [0.5, 0.6) is 0 Å². The third-order valence-electron chi connectivity index (χ3n) is 5.71. The molecule has 6 heteroatoms. The monoisotopic (exact) mass is 435 g/mol. The minimum atomic E-state index is -0.0671. The van der Waals surface area contributed by atoms with Crippen LogP contribution in [0.3, 0.4) is 0 Å². The van der Waals surface area contributed by atoms with Crippen LogP contribution in [0.4, 0.5) is 0 Å². The molecule has 0 spiro atoms. The van der Waals surface area contributed by atoms with Gasteiger partial charge in [0.15, 0.2) is 5.11 Å². The number of pyridine rings is 1. The van der Waals surface area contributed by atoms with Crippen LogP contribution in [0.2, 0.25) is 0 Å². The first-order valence-electron chi connectivity index (χ1n) is 10.9. The first-order chi connectivity index (χ1) is 15.1. The van der Waals surface area contributed by atoms with Crippen molar-refractivity contribution in [2.45, 2.75) is 38.8 Å². The summed E-state index contributed by atoms with van der Waals surface area (Å²) in [6.45, 7) is 4.70. The molecule has 2 heterocycles. The van der Waals surface area contributed by atoms with E-state index in [1.165, 1.54) is 5.56 Å². The normalized spacial score (nSPS) is 15.8. The van der Waals surface area contributed by atoms with E-state index in [-0.39, 0.29) is 11.7 Å². The number of rotatable bonds is 7. The first-order valence-corrected chi connectivity index (χ1v) is 11.3. The molecular formula is C25H29N3O2S. The van der Waals surface area contributed by atoms with Gasteiger partial charge in [0, 0.05) is 30.8 Å². The molecule has 1 saturated heterocycles. The summed E-state index contributed by atoms with van der Waals surface area (Å²) < 4.78 is 5.84. The number of aryl methyl sites for hydroxylation is 1. The number of thiocarbonyl (C=S) groups is 1. The average Bonchev–Trinajstić information content (AvgIpc) is 3.28. The third kappa shape index (κ3) is 5.71. The van der Waals surface area contributed by atoms with Crippen molar-refractivity contribution < 1.29 is 4.74 Å². The van der Waals surface area contributed by atoms with Gasteiger partial charge in [-0.1, -0.05) is 42.5 Å². The Kier molecular flexibility index (Phi) is 6.99. The molecule has 1 aliphatic heterocycles. The Labute approximate surface area is 188 Å². The average molecular weight is 436 g/mol. The number of H-pyrrole nitrogens is 1. The van der Waals surface area contributed by atoms with E-state index in [0.29, 0.717) is 23.8 Å². The van der Waals surface area contributed by atoms with Crippen LogP contribution in [0, 0.1) is 6.92 Å². The molecule has 162 valence electrons. The molecule has 31 heavy (non-hydrogen) atoms. The molecule has 2 N–H and O–H groups in total. The van der Waals surface area contributed by atoms with Crippen LogP contribution in [-0.2, 0) is 17.7 Å². The quantitative estimate of drug-likeness (QED) is 0.551. The second kappa shape index (κ2) is 10.1. The van der Waals surface area contributed by atoms with Crippen LogP contribution in [0.1, 0.15) is 29.5 Å². The molecule has 3 aromatic rings. The van der Waals surface area contributed by atoms with Crippen LogP contribution < -0.4 is 10.9 Å². The van der Waals surface area contributed by atoms with Gasteiger partial charge in [0.2, 0.25) is 0 Å². The topological polar surface area (TPSA) is 57.4 Å². The van der Waals surface area contributed by atoms with E-state index in [0.717, 1.165) is 48.9 Å². The summed E-state index contributed by atoms with van der Waals surface area (Å²) in [6, 6.07) is 18.4. The second-order valence-electron chi connectivity index (χ2n) is 8.20. The molecule has 0 unspecified atom stereocenters. The standard InChI is InChI=1S/C25H29N3O2S/c1-18-9-10-20-15-21(24(29)27-23(20)14-18)16-28(17-22-8-5-13-30-22)25(31)26-12-11-19-6-3-2-4-7-19/h2-4,6-7,9-10,14-15,22H,5,8,11-13,16-17H2,1H3,(H,26,31)(H,27,29)/t22-/m1/s1. The van der Waals surface area contributed by atoms with Crippen molar-refractivity contribution in [2.75, 3.05) is 19.7 Å². The van der Waals surface area contributed by atoms with Gasteiger partial charge >= 0.3 is 0 Å². The van der Waals surface area contributed by atoms with Crippen LogP contribution >= 0.6 is 12.2 Å². The Morgan fingerprint density at radius 2 is 2.06 bits per heavy atom. The van der Waals surface area contributed by atoms with Gasteiger partial charge in [0.1, 0.15) is 0 Å². The molecule has 4 rings (SSSR count). The number of ether oxygens (including phenoxy) is 1. The highest BCUT2D eigenvalue weighted by molar-refractivity contribution is 7.80. The lowest BCUT2D eigenvalue weighted by atomic mass is 10.1. The molecule has 2 aromatic carbocycles. The molecule has 0 amide bonds. The molecule has 0 radical (unpaired) electrons. The summed E-state index contributed by atoms with van der Waals surface area (Å²) >= 11 is 5.73. The fraction of sp³-hybridized carbons (Fsp3) is 0.360. The molecule has 5 nitrogen and oxygen atoms in total.